The van der Waals surface area contributed by atoms with Crippen molar-refractivity contribution in [3.63, 3.8) is 0 Å². The molecular formula is C14H18N2O4S. The minimum atomic E-state index is -1.02. The highest BCUT2D eigenvalue weighted by atomic mass is 32.1. The summed E-state index contributed by atoms with van der Waals surface area (Å²) in [5, 5.41) is 4.55. The number of imide groups is 1. The van der Waals surface area contributed by atoms with E-state index in [2.05, 4.69) is 10.6 Å². The van der Waals surface area contributed by atoms with Crippen LogP contribution in [0, 0.1) is 0 Å². The van der Waals surface area contributed by atoms with Gasteiger partial charge in [-0.3, -0.25) is 10.1 Å². The summed E-state index contributed by atoms with van der Waals surface area (Å²) in [7, 11) is 0. The molecule has 0 saturated carbocycles. The Morgan fingerprint density at radius 3 is 2.81 bits per heavy atom. The van der Waals surface area contributed by atoms with Gasteiger partial charge in [-0.1, -0.05) is 0 Å². The van der Waals surface area contributed by atoms with Crippen LogP contribution in [-0.2, 0) is 22.4 Å². The zero-order chi connectivity index (χ0) is 15.4. The van der Waals surface area contributed by atoms with Crippen molar-refractivity contribution in [2.24, 2.45) is 0 Å². The molecule has 2 rings (SSSR count). The van der Waals surface area contributed by atoms with Crippen molar-refractivity contribution in [3.8, 4) is 0 Å². The molecule has 1 unspecified atom stereocenters. The van der Waals surface area contributed by atoms with Crippen LogP contribution in [0.1, 0.15) is 40.4 Å². The molecule has 0 radical (unpaired) electrons. The highest BCUT2D eigenvalue weighted by Gasteiger charge is 2.24. The number of aryl methyl sites for hydroxylation is 2. The Morgan fingerprint density at radius 1 is 1.38 bits per heavy atom. The molecule has 0 bridgehead atoms. The van der Waals surface area contributed by atoms with Crippen LogP contribution in [0.5, 0.6) is 0 Å². The van der Waals surface area contributed by atoms with E-state index in [4.69, 9.17) is 4.74 Å². The number of urea groups is 1. The minimum absolute atomic E-state index is 0.411. The molecule has 0 fully saturated rings. The van der Waals surface area contributed by atoms with Gasteiger partial charge < -0.3 is 10.1 Å². The molecule has 1 aliphatic rings. The van der Waals surface area contributed by atoms with Crippen LogP contribution < -0.4 is 10.6 Å². The molecule has 6 nitrogen and oxygen atoms in total. The second-order valence-electron chi connectivity index (χ2n) is 4.81. The van der Waals surface area contributed by atoms with Gasteiger partial charge in [0.2, 0.25) is 0 Å². The predicted octanol–water partition coefficient (Wildman–Crippen LogP) is 1.63. The predicted molar refractivity (Wildman–Crippen MR) is 78.4 cm³/mol. The van der Waals surface area contributed by atoms with E-state index in [-0.39, 0.29) is 0 Å². The highest BCUT2D eigenvalue weighted by Crippen LogP contribution is 2.31. The Morgan fingerprint density at radius 2 is 2.14 bits per heavy atom. The fourth-order valence-electron chi connectivity index (χ4n) is 2.12. The zero-order valence-corrected chi connectivity index (χ0v) is 12.8. The molecule has 0 aliphatic heterocycles. The van der Waals surface area contributed by atoms with E-state index in [1.54, 1.807) is 6.92 Å². The summed E-state index contributed by atoms with van der Waals surface area (Å²) in [4.78, 5) is 36.6. The molecule has 0 saturated heterocycles. The maximum atomic E-state index is 12.0. The number of carbonyl (C=O) groups is 3. The summed E-state index contributed by atoms with van der Waals surface area (Å²) in [6.07, 6.45) is 2.10. The number of hydrogen-bond donors (Lipinski definition) is 2. The number of nitrogens with one attached hydrogen (secondary N) is 2. The fraction of sp³-hybridized carbons (Fsp3) is 0.500. The summed E-state index contributed by atoms with van der Waals surface area (Å²) in [5.41, 5.74) is 1.20. The number of rotatable bonds is 4. The SMILES string of the molecule is CCNC(=O)NC(=O)C(C)OC(=O)c1cc2c(s1)CCC2. The van der Waals surface area contributed by atoms with Crippen molar-refractivity contribution in [1.29, 1.82) is 0 Å². The molecule has 114 valence electrons. The van der Waals surface area contributed by atoms with E-state index in [0.717, 1.165) is 19.3 Å². The molecule has 1 heterocycles. The molecule has 7 heteroatoms. The third kappa shape index (κ3) is 3.81. The van der Waals surface area contributed by atoms with Crippen molar-refractivity contribution >= 4 is 29.2 Å². The van der Waals surface area contributed by atoms with Gasteiger partial charge in [0.1, 0.15) is 4.88 Å². The van der Waals surface area contributed by atoms with Crippen molar-refractivity contribution in [1.82, 2.24) is 10.6 Å². The van der Waals surface area contributed by atoms with Crippen molar-refractivity contribution < 1.29 is 19.1 Å². The standard InChI is InChI=1S/C14H18N2O4S/c1-3-15-14(19)16-12(17)8(2)20-13(18)11-7-9-5-4-6-10(9)21-11/h7-8H,3-6H2,1-2H3,(H2,15,16,17,19). The quantitative estimate of drug-likeness (QED) is 0.828. The monoisotopic (exact) mass is 310 g/mol. The molecule has 1 atom stereocenters. The summed E-state index contributed by atoms with van der Waals surface area (Å²) in [6.45, 7) is 3.59. The molecule has 0 aromatic carbocycles. The van der Waals surface area contributed by atoms with Crippen LogP contribution >= 0.6 is 11.3 Å². The van der Waals surface area contributed by atoms with Crippen LogP contribution in [0.2, 0.25) is 0 Å². The lowest BCUT2D eigenvalue weighted by Gasteiger charge is -2.12. The van der Waals surface area contributed by atoms with Crippen molar-refractivity contribution in [3.05, 3.63) is 21.4 Å². The Kier molecular flexibility index (Phi) is 4.95. The topological polar surface area (TPSA) is 84.5 Å². The normalized spacial score (nSPS) is 14.2. The number of thiophene rings is 1. The molecule has 1 aromatic heterocycles. The van der Waals surface area contributed by atoms with Crippen molar-refractivity contribution in [2.45, 2.75) is 39.2 Å². The molecule has 1 aromatic rings. The largest absolute Gasteiger partial charge is 0.448 e. The summed E-state index contributed by atoms with van der Waals surface area (Å²) in [6, 6.07) is 1.24. The Bertz CT molecular complexity index is 546. The van der Waals surface area contributed by atoms with Gasteiger partial charge in [0.25, 0.3) is 5.91 Å². The highest BCUT2D eigenvalue weighted by molar-refractivity contribution is 7.14. The second kappa shape index (κ2) is 6.71. The number of fused-ring (bicyclic) bond motifs is 1. The number of amides is 3. The molecular weight excluding hydrogens is 292 g/mol. The van der Waals surface area contributed by atoms with E-state index >= 15 is 0 Å². The maximum absolute atomic E-state index is 12.0. The van der Waals surface area contributed by atoms with E-state index in [1.165, 1.54) is 28.7 Å². The van der Waals surface area contributed by atoms with Gasteiger partial charge >= 0.3 is 12.0 Å². The number of ether oxygens (including phenoxy) is 1. The second-order valence-corrected chi connectivity index (χ2v) is 5.95. The van der Waals surface area contributed by atoms with Gasteiger partial charge in [-0.25, -0.2) is 9.59 Å². The average molecular weight is 310 g/mol. The van der Waals surface area contributed by atoms with E-state index in [0.29, 0.717) is 11.4 Å². The average Bonchev–Trinajstić information content (AvgIpc) is 2.99. The van der Waals surface area contributed by atoms with E-state index in [9.17, 15) is 14.4 Å². The van der Waals surface area contributed by atoms with Crippen LogP contribution in [0.25, 0.3) is 0 Å². The van der Waals surface area contributed by atoms with Gasteiger partial charge in [0.05, 0.1) is 0 Å². The van der Waals surface area contributed by atoms with E-state index in [1.807, 2.05) is 6.07 Å². The number of esters is 1. The van der Waals surface area contributed by atoms with Gasteiger partial charge in [0.15, 0.2) is 6.10 Å². The lowest BCUT2D eigenvalue weighted by Crippen LogP contribution is -2.44. The third-order valence-corrected chi connectivity index (χ3v) is 4.39. The Hall–Kier alpha value is -1.89. The summed E-state index contributed by atoms with van der Waals surface area (Å²) >= 11 is 1.42. The lowest BCUT2D eigenvalue weighted by atomic mass is 10.2. The molecule has 1 aliphatic carbocycles. The first-order valence-corrected chi connectivity index (χ1v) is 7.74. The molecule has 3 amide bonds. The first-order chi connectivity index (χ1) is 10.0. The van der Waals surface area contributed by atoms with Gasteiger partial charge in [-0.15, -0.1) is 11.3 Å². The molecule has 21 heavy (non-hydrogen) atoms. The van der Waals surface area contributed by atoms with Crippen LogP contribution in [0.4, 0.5) is 4.79 Å². The van der Waals surface area contributed by atoms with Gasteiger partial charge in [-0.05, 0) is 44.7 Å². The Balaban J connectivity index is 1.89. The van der Waals surface area contributed by atoms with Gasteiger partial charge in [0, 0.05) is 11.4 Å². The zero-order valence-electron chi connectivity index (χ0n) is 12.0. The molecule has 0 spiro atoms. The maximum Gasteiger partial charge on any atom is 0.349 e. The first kappa shape index (κ1) is 15.5. The first-order valence-electron chi connectivity index (χ1n) is 6.92. The van der Waals surface area contributed by atoms with Crippen LogP contribution in [0.15, 0.2) is 6.07 Å². The summed E-state index contributed by atoms with van der Waals surface area (Å²) in [5.74, 6) is -1.16. The summed E-state index contributed by atoms with van der Waals surface area (Å²) < 4.78 is 5.09. The number of hydrogen-bond acceptors (Lipinski definition) is 5. The lowest BCUT2D eigenvalue weighted by molar-refractivity contribution is -0.127. The Labute approximate surface area is 126 Å². The van der Waals surface area contributed by atoms with Gasteiger partial charge in [-0.2, -0.15) is 0 Å². The fourth-order valence-corrected chi connectivity index (χ4v) is 3.26. The van der Waals surface area contributed by atoms with E-state index < -0.39 is 24.0 Å². The molecule has 2 N–H and O–H groups in total. The van der Waals surface area contributed by atoms with Crippen molar-refractivity contribution in [2.75, 3.05) is 6.54 Å². The number of carbonyl (C=O) groups excluding carboxylic acids is 3. The minimum Gasteiger partial charge on any atom is -0.448 e. The third-order valence-electron chi connectivity index (χ3n) is 3.17. The van der Waals surface area contributed by atoms with Crippen LogP contribution in [0.3, 0.4) is 0 Å². The smallest absolute Gasteiger partial charge is 0.349 e. The van der Waals surface area contributed by atoms with Crippen LogP contribution in [-0.4, -0.2) is 30.6 Å².